The second-order valence-corrected chi connectivity index (χ2v) is 21.0. The molecule has 6 fully saturated rings. The van der Waals surface area contributed by atoms with Gasteiger partial charge >= 0.3 is 0 Å². The second kappa shape index (κ2) is 22.8. The highest BCUT2D eigenvalue weighted by Gasteiger charge is 2.44. The van der Waals surface area contributed by atoms with E-state index in [-0.39, 0.29) is 0 Å². The van der Waals surface area contributed by atoms with Gasteiger partial charge in [-0.3, -0.25) is 19.9 Å². The van der Waals surface area contributed by atoms with E-state index in [9.17, 15) is 13.6 Å². The van der Waals surface area contributed by atoms with Crippen molar-refractivity contribution in [1.82, 2.24) is 90.0 Å². The molecule has 23 heteroatoms. The monoisotopic (exact) mass is 1090 g/mol. The summed E-state index contributed by atoms with van der Waals surface area (Å²) in [4.78, 5) is 54.3. The number of carbonyl (C=O) groups excluding carboxylic acids is 1. The Bertz CT molecular complexity index is 3760. The van der Waals surface area contributed by atoms with E-state index < -0.39 is 11.9 Å². The molecular formula is C58H58F2N20O. The molecule has 81 heavy (non-hydrogen) atoms. The molecule has 6 aliphatic heterocycles. The molecule has 16 rings (SSSR count). The Hall–Kier alpha value is -9.35. The second-order valence-electron chi connectivity index (χ2n) is 21.0. The molecule has 6 aliphatic rings. The number of aryl methyl sites for hydroxylation is 4. The van der Waals surface area contributed by atoms with E-state index in [1.807, 2.05) is 82.7 Å². The summed E-state index contributed by atoms with van der Waals surface area (Å²) in [7, 11) is 0. The van der Waals surface area contributed by atoms with Crippen molar-refractivity contribution >= 4 is 17.9 Å². The molecule has 0 amide bonds. The van der Waals surface area contributed by atoms with Gasteiger partial charge in [0, 0.05) is 159 Å². The van der Waals surface area contributed by atoms with Crippen molar-refractivity contribution < 1.29 is 13.6 Å². The molecule has 4 unspecified atom stereocenters. The van der Waals surface area contributed by atoms with Gasteiger partial charge in [0.15, 0.2) is 29.6 Å². The van der Waals surface area contributed by atoms with Gasteiger partial charge in [0.25, 0.3) is 0 Å². The third-order valence-electron chi connectivity index (χ3n) is 14.6. The topological polar surface area (TPSA) is 235 Å². The molecule has 0 saturated carbocycles. The number of piperidine rings is 2. The first-order chi connectivity index (χ1) is 39.4. The lowest BCUT2D eigenvalue weighted by molar-refractivity contribution is -0.00875. The van der Waals surface area contributed by atoms with Crippen LogP contribution in [0.15, 0.2) is 122 Å². The van der Waals surface area contributed by atoms with Gasteiger partial charge in [-0.1, -0.05) is 6.07 Å². The van der Waals surface area contributed by atoms with Crippen LogP contribution in [0.1, 0.15) is 74.3 Å². The third kappa shape index (κ3) is 12.3. The fraction of sp³-hybridized carbons (Fsp3) is 0.293. The fourth-order valence-electron chi connectivity index (χ4n) is 10.8. The van der Waals surface area contributed by atoms with Crippen molar-refractivity contribution in [2.24, 2.45) is 0 Å². The lowest BCUT2D eigenvalue weighted by atomic mass is 9.87. The van der Waals surface area contributed by atoms with Crippen LogP contribution in [0.3, 0.4) is 0 Å². The van der Waals surface area contributed by atoms with Crippen LogP contribution < -0.4 is 15.1 Å². The molecule has 10 aromatic heterocycles. The van der Waals surface area contributed by atoms with Crippen molar-refractivity contribution in [3.63, 3.8) is 0 Å². The van der Waals surface area contributed by atoms with Crippen LogP contribution in [-0.2, 0) is 19.4 Å². The summed E-state index contributed by atoms with van der Waals surface area (Å²) in [6.45, 7) is 12.8. The van der Waals surface area contributed by atoms with Crippen LogP contribution in [0.5, 0.6) is 0 Å². The maximum absolute atomic E-state index is 13.2. The lowest BCUT2D eigenvalue weighted by Gasteiger charge is -2.56. The Balaban J connectivity index is 0.000000136. The van der Waals surface area contributed by atoms with E-state index in [0.29, 0.717) is 66.3 Å². The highest BCUT2D eigenvalue weighted by Crippen LogP contribution is 2.36. The van der Waals surface area contributed by atoms with Gasteiger partial charge < -0.3 is 15.1 Å². The molecule has 21 nitrogen and oxygen atoms in total. The summed E-state index contributed by atoms with van der Waals surface area (Å²) in [5.74, 6) is 3.43. The number of rotatable bonds is 13. The van der Waals surface area contributed by atoms with Gasteiger partial charge in [-0.15, -0.1) is 10.2 Å². The van der Waals surface area contributed by atoms with Gasteiger partial charge in [0.1, 0.15) is 11.6 Å². The van der Waals surface area contributed by atoms with Crippen molar-refractivity contribution in [3.05, 3.63) is 191 Å². The van der Waals surface area contributed by atoms with Crippen LogP contribution in [-0.4, -0.2) is 141 Å². The summed E-state index contributed by atoms with van der Waals surface area (Å²) in [5, 5.41) is 25.5. The number of hydrogen-bond donors (Lipinski definition) is 3. The SMILES string of the molecule is Cc1cc(Cc2cc(C)[nH]n2)nc(-c2ccc(N3CC4CC(C3)N4)nc2)n1.Cc1cc(Cc2cc(C)[nH]n2)nc(-c2ccc(N3CC4CC(C3)N4Cc3ccc(-n4ccc(F)n4)nc3)nc2)n1.O=Cc1ccc(-n2ccc(F)n2)nc1. The van der Waals surface area contributed by atoms with Crippen LogP contribution in [0.4, 0.5) is 20.4 Å². The largest absolute Gasteiger partial charge is 0.353 e. The fourth-order valence-corrected chi connectivity index (χ4v) is 10.8. The van der Waals surface area contributed by atoms with E-state index in [1.165, 1.54) is 46.7 Å². The number of nitrogens with one attached hydrogen (secondary N) is 3. The number of carbonyl (C=O) groups is 1. The molecule has 10 aromatic rings. The third-order valence-corrected chi connectivity index (χ3v) is 14.6. The molecule has 0 radical (unpaired) electrons. The van der Waals surface area contributed by atoms with Gasteiger partial charge in [0.2, 0.25) is 11.9 Å². The number of aromatic amines is 2. The average Bonchev–Trinajstić information content (AvgIpc) is 4.42. The Kier molecular flexibility index (Phi) is 14.7. The van der Waals surface area contributed by atoms with E-state index in [0.717, 1.165) is 112 Å². The van der Waals surface area contributed by atoms with Gasteiger partial charge in [-0.05, 0) is 113 Å². The number of H-pyrrole nitrogens is 2. The highest BCUT2D eigenvalue weighted by molar-refractivity contribution is 5.74. The molecule has 16 heterocycles. The van der Waals surface area contributed by atoms with Crippen molar-refractivity contribution in [2.75, 3.05) is 36.0 Å². The van der Waals surface area contributed by atoms with Gasteiger partial charge in [0.05, 0.1) is 22.8 Å². The van der Waals surface area contributed by atoms with E-state index in [4.69, 9.17) is 15.0 Å². The quantitative estimate of drug-likeness (QED) is 0.0997. The molecule has 4 bridgehead atoms. The standard InChI is InChI=1S/C29H29FN10.C20H23N7.C9H6FN3O/c1-18-9-22(11-23-10-19(2)35-36-23)34-29(33-18)21-4-6-27(32-14-21)38-16-24-12-25(17-38)39(24)15-20-3-5-28(31-13-20)40-8-7-26(30)37-40;1-12-5-15(7-16-6-13(2)25-26-16)24-20(22-12)14-3-4-19(21-9-14)27-10-17-8-18(11-27)23-17;10-8-3-4-13(12-8)9-2-1-7(6-14)5-11-9/h3-10,13-14,24-25H,11-12,15-17H2,1-2H3,(H,35,36);3-6,9,17-18,23H,7-8,10-11H2,1-2H3,(H,25,26);1-6H. The smallest absolute Gasteiger partial charge is 0.233 e. The Labute approximate surface area is 465 Å². The molecule has 0 aromatic carbocycles. The first kappa shape index (κ1) is 52.4. The maximum Gasteiger partial charge on any atom is 0.233 e. The molecule has 4 atom stereocenters. The van der Waals surface area contributed by atoms with E-state index in [1.54, 1.807) is 18.3 Å². The zero-order chi connectivity index (χ0) is 55.6. The predicted octanol–water partition coefficient (Wildman–Crippen LogP) is 6.89. The number of anilines is 2. The number of fused-ring (bicyclic) bond motifs is 4. The van der Waals surface area contributed by atoms with Gasteiger partial charge in [-0.25, -0.2) is 49.2 Å². The van der Waals surface area contributed by atoms with Crippen LogP contribution in [0.2, 0.25) is 0 Å². The molecule has 410 valence electrons. The maximum atomic E-state index is 13.2. The minimum absolute atomic E-state index is 0.472. The normalized spacial score (nSPS) is 18.0. The Morgan fingerprint density at radius 2 is 1.04 bits per heavy atom. The van der Waals surface area contributed by atoms with Crippen molar-refractivity contribution in [1.29, 1.82) is 0 Å². The minimum atomic E-state index is -0.564. The Morgan fingerprint density at radius 1 is 0.543 bits per heavy atom. The summed E-state index contributed by atoms with van der Waals surface area (Å²) < 4.78 is 28.5. The zero-order valence-corrected chi connectivity index (χ0v) is 45.1. The lowest BCUT2D eigenvalue weighted by Crippen LogP contribution is -2.68. The van der Waals surface area contributed by atoms with Crippen LogP contribution in [0, 0.1) is 39.6 Å². The van der Waals surface area contributed by atoms with Crippen LogP contribution >= 0.6 is 0 Å². The zero-order valence-electron chi connectivity index (χ0n) is 45.1. The summed E-state index contributed by atoms with van der Waals surface area (Å²) in [6, 6.07) is 28.3. The number of pyridine rings is 4. The van der Waals surface area contributed by atoms with E-state index in [2.05, 4.69) is 99.8 Å². The van der Waals surface area contributed by atoms with Crippen molar-refractivity contribution in [2.45, 2.75) is 84.1 Å². The molecule has 0 aliphatic carbocycles. The first-order valence-corrected chi connectivity index (χ1v) is 26.8. The summed E-state index contributed by atoms with van der Waals surface area (Å²) in [5.41, 5.74) is 11.3. The van der Waals surface area contributed by atoms with E-state index >= 15 is 0 Å². The number of nitrogens with zero attached hydrogens (tertiary/aromatic N) is 17. The average molecular weight is 1090 g/mol. The molecule has 0 spiro atoms. The first-order valence-electron chi connectivity index (χ1n) is 26.8. The Morgan fingerprint density at radius 3 is 1.46 bits per heavy atom. The number of aromatic nitrogens is 16. The van der Waals surface area contributed by atoms with Gasteiger partial charge in [-0.2, -0.15) is 19.0 Å². The number of hydrogen-bond acceptors (Lipinski definition) is 17. The molecule has 3 N–H and O–H groups in total. The summed E-state index contributed by atoms with van der Waals surface area (Å²) in [6.07, 6.45) is 14.6. The molecule has 6 saturated heterocycles. The molecular weight excluding hydrogens is 1030 g/mol. The highest BCUT2D eigenvalue weighted by atomic mass is 19.1. The predicted molar refractivity (Wildman–Crippen MR) is 298 cm³/mol. The summed E-state index contributed by atoms with van der Waals surface area (Å²) >= 11 is 0. The minimum Gasteiger partial charge on any atom is -0.353 e. The van der Waals surface area contributed by atoms with Crippen molar-refractivity contribution in [3.8, 4) is 34.4 Å². The number of halogens is 2. The number of aldehydes is 1. The van der Waals surface area contributed by atoms with Crippen LogP contribution in [0.25, 0.3) is 34.4 Å². The number of piperazine rings is 2.